The maximum atomic E-state index is 5.17. The lowest BCUT2D eigenvalue weighted by molar-refractivity contribution is 1.18. The largest absolute Gasteiger partial charge is 0.261 e. The minimum Gasteiger partial charge on any atom is -0.261 e. The third-order valence-corrected chi connectivity index (χ3v) is 5.20. The van der Waals surface area contributed by atoms with Crippen molar-refractivity contribution in [3.8, 4) is 0 Å². The third-order valence-electron chi connectivity index (χ3n) is 1.87. The van der Waals surface area contributed by atoms with Gasteiger partial charge < -0.3 is 0 Å². The van der Waals surface area contributed by atoms with Gasteiger partial charge in [-0.25, -0.2) is 0 Å². The Morgan fingerprint density at radius 3 is 2.73 bits per heavy atom. The molecule has 15 heavy (non-hydrogen) atoms. The Labute approximate surface area is 100 Å². The summed E-state index contributed by atoms with van der Waals surface area (Å²) in [6.45, 7) is 2.05. The highest BCUT2D eigenvalue weighted by Crippen LogP contribution is 2.25. The fourth-order valence-electron chi connectivity index (χ4n) is 1.02. The number of hydrogen-bond acceptors (Lipinski definition) is 5. The van der Waals surface area contributed by atoms with Gasteiger partial charge in [0.15, 0.2) is 0 Å². The van der Waals surface area contributed by atoms with Gasteiger partial charge in [0, 0.05) is 17.3 Å². The molecule has 0 aromatic carbocycles. The van der Waals surface area contributed by atoms with Crippen LogP contribution in [0.3, 0.4) is 0 Å². The van der Waals surface area contributed by atoms with Gasteiger partial charge in [0.1, 0.15) is 3.82 Å². The van der Waals surface area contributed by atoms with E-state index in [0.29, 0.717) is 0 Å². The second-order valence-electron chi connectivity index (χ2n) is 2.91. The fraction of sp³-hybridized carbons (Fsp3) is 0.100. The Hall–Kier alpha value is -0.910. The average molecular weight is 252 g/mol. The van der Waals surface area contributed by atoms with Crippen LogP contribution in [-0.4, -0.2) is 9.97 Å². The van der Waals surface area contributed by atoms with E-state index >= 15 is 0 Å². The van der Waals surface area contributed by atoms with Crippen LogP contribution in [0.2, 0.25) is 0 Å². The molecule has 5 heteroatoms. The quantitative estimate of drug-likeness (QED) is 0.600. The predicted octanol–water partition coefficient (Wildman–Crippen LogP) is 3.81. The predicted molar refractivity (Wildman–Crippen MR) is 68.7 cm³/mol. The van der Waals surface area contributed by atoms with Crippen molar-refractivity contribution >= 4 is 45.1 Å². The highest BCUT2D eigenvalue weighted by molar-refractivity contribution is 7.79. The van der Waals surface area contributed by atoms with Gasteiger partial charge in [-0.05, 0) is 24.6 Å². The summed E-state index contributed by atoms with van der Waals surface area (Å²) in [5.74, 6) is 0. The van der Waals surface area contributed by atoms with Crippen molar-refractivity contribution in [1.29, 1.82) is 0 Å². The molecule has 0 spiro atoms. The molecule has 2 aromatic heterocycles. The molecule has 0 aliphatic rings. The molecule has 0 unspecified atom stereocenters. The van der Waals surface area contributed by atoms with E-state index in [1.54, 1.807) is 39.3 Å². The standard InChI is InChI=1S/C10H8N2S3/c1-7-9(14-15-10(7)13)3-2-8-6-11-4-5-12-8/h2-6H,1H3/b3-2+. The van der Waals surface area contributed by atoms with Gasteiger partial charge in [-0.15, -0.1) is 0 Å². The second-order valence-corrected chi connectivity index (χ2v) is 5.76. The van der Waals surface area contributed by atoms with E-state index in [1.165, 1.54) is 10.4 Å². The first-order chi connectivity index (χ1) is 7.27. The van der Waals surface area contributed by atoms with Gasteiger partial charge in [0.05, 0.1) is 11.9 Å². The van der Waals surface area contributed by atoms with E-state index in [2.05, 4.69) is 9.97 Å². The normalized spacial score (nSPS) is 11.0. The average Bonchev–Trinajstić information content (AvgIpc) is 2.59. The van der Waals surface area contributed by atoms with Gasteiger partial charge in [0.25, 0.3) is 0 Å². The number of nitrogens with zero attached hydrogens (tertiary/aromatic N) is 2. The summed E-state index contributed by atoms with van der Waals surface area (Å²) in [7, 11) is 3.33. The minimum atomic E-state index is 0.862. The first-order valence-electron chi connectivity index (χ1n) is 4.31. The Morgan fingerprint density at radius 1 is 1.27 bits per heavy atom. The highest BCUT2D eigenvalue weighted by atomic mass is 32.9. The molecule has 0 N–H and O–H groups in total. The maximum Gasteiger partial charge on any atom is 0.105 e. The zero-order valence-electron chi connectivity index (χ0n) is 8.01. The molecule has 76 valence electrons. The lowest BCUT2D eigenvalue weighted by Gasteiger charge is -1.90. The first-order valence-corrected chi connectivity index (χ1v) is 6.87. The summed E-state index contributed by atoms with van der Waals surface area (Å²) in [4.78, 5) is 9.36. The van der Waals surface area contributed by atoms with Crippen molar-refractivity contribution in [3.63, 3.8) is 0 Å². The van der Waals surface area contributed by atoms with Crippen LogP contribution in [0.15, 0.2) is 18.6 Å². The molecule has 0 aliphatic heterocycles. The van der Waals surface area contributed by atoms with E-state index in [1.807, 2.05) is 19.1 Å². The maximum absolute atomic E-state index is 5.17. The Balaban J connectivity index is 2.26. The van der Waals surface area contributed by atoms with Gasteiger partial charge in [-0.3, -0.25) is 9.97 Å². The third kappa shape index (κ3) is 2.56. The summed E-state index contributed by atoms with van der Waals surface area (Å²) in [5, 5.41) is 0. The summed E-state index contributed by atoms with van der Waals surface area (Å²) in [5.41, 5.74) is 2.04. The Bertz CT molecular complexity index is 525. The minimum absolute atomic E-state index is 0.862. The van der Waals surface area contributed by atoms with Gasteiger partial charge in [0.2, 0.25) is 0 Å². The zero-order valence-corrected chi connectivity index (χ0v) is 10.5. The van der Waals surface area contributed by atoms with Crippen molar-refractivity contribution in [1.82, 2.24) is 9.97 Å². The van der Waals surface area contributed by atoms with E-state index in [0.717, 1.165) is 9.52 Å². The van der Waals surface area contributed by atoms with Crippen molar-refractivity contribution < 1.29 is 0 Å². The molecule has 0 atom stereocenters. The zero-order chi connectivity index (χ0) is 10.7. The van der Waals surface area contributed by atoms with Crippen molar-refractivity contribution in [2.24, 2.45) is 0 Å². The van der Waals surface area contributed by atoms with E-state index < -0.39 is 0 Å². The van der Waals surface area contributed by atoms with Crippen LogP contribution in [0.5, 0.6) is 0 Å². The molecule has 0 aliphatic carbocycles. The molecule has 0 bridgehead atoms. The Morgan fingerprint density at radius 2 is 2.13 bits per heavy atom. The summed E-state index contributed by atoms with van der Waals surface area (Å²) in [6.07, 6.45) is 9.07. The molecular formula is C10H8N2S3. The van der Waals surface area contributed by atoms with Crippen molar-refractivity contribution in [3.05, 3.63) is 38.5 Å². The van der Waals surface area contributed by atoms with Gasteiger partial charge in [-0.2, -0.15) is 0 Å². The SMILES string of the molecule is Cc1c(/C=C/c2cnccn2)ssc1=S. The van der Waals surface area contributed by atoms with Crippen molar-refractivity contribution in [2.75, 3.05) is 0 Å². The molecule has 0 amide bonds. The highest BCUT2D eigenvalue weighted by Gasteiger charge is 1.99. The van der Waals surface area contributed by atoms with Crippen LogP contribution in [0.4, 0.5) is 0 Å². The molecule has 2 nitrogen and oxygen atoms in total. The lowest BCUT2D eigenvalue weighted by Crippen LogP contribution is -1.79. The topological polar surface area (TPSA) is 25.8 Å². The van der Waals surface area contributed by atoms with E-state index in [-0.39, 0.29) is 0 Å². The summed E-state index contributed by atoms with van der Waals surface area (Å²) >= 11 is 5.17. The molecule has 2 heterocycles. The van der Waals surface area contributed by atoms with Gasteiger partial charge >= 0.3 is 0 Å². The number of hydrogen-bond donors (Lipinski definition) is 0. The van der Waals surface area contributed by atoms with Crippen LogP contribution in [0.1, 0.15) is 16.1 Å². The molecule has 0 saturated carbocycles. The molecule has 0 saturated heterocycles. The molecule has 0 radical (unpaired) electrons. The molecule has 2 aromatic rings. The number of rotatable bonds is 2. The fourth-order valence-corrected chi connectivity index (χ4v) is 3.73. The lowest BCUT2D eigenvalue weighted by atomic mass is 10.3. The van der Waals surface area contributed by atoms with Crippen LogP contribution in [0.25, 0.3) is 12.2 Å². The smallest absolute Gasteiger partial charge is 0.105 e. The Kier molecular flexibility index (Phi) is 3.35. The monoisotopic (exact) mass is 252 g/mol. The van der Waals surface area contributed by atoms with Crippen LogP contribution in [-0.2, 0) is 0 Å². The van der Waals surface area contributed by atoms with Crippen LogP contribution >= 0.6 is 32.9 Å². The second kappa shape index (κ2) is 4.74. The molecule has 2 rings (SSSR count). The molecular weight excluding hydrogens is 244 g/mol. The number of aromatic nitrogens is 2. The van der Waals surface area contributed by atoms with E-state index in [9.17, 15) is 0 Å². The van der Waals surface area contributed by atoms with E-state index in [4.69, 9.17) is 12.2 Å². The van der Waals surface area contributed by atoms with Crippen LogP contribution in [0, 0.1) is 10.7 Å². The van der Waals surface area contributed by atoms with Crippen molar-refractivity contribution in [2.45, 2.75) is 6.92 Å². The first kappa shape index (κ1) is 10.6. The van der Waals surface area contributed by atoms with Gasteiger partial charge in [-0.1, -0.05) is 32.9 Å². The summed E-state index contributed by atoms with van der Waals surface area (Å²) in [6, 6.07) is 0. The molecule has 0 fully saturated rings. The summed E-state index contributed by atoms with van der Waals surface area (Å²) < 4.78 is 0.971. The van der Waals surface area contributed by atoms with Crippen LogP contribution < -0.4 is 0 Å².